The highest BCUT2D eigenvalue weighted by Gasteiger charge is 2.31. The van der Waals surface area contributed by atoms with Crippen molar-refractivity contribution in [2.75, 3.05) is 0 Å². The van der Waals surface area contributed by atoms with Crippen LogP contribution in [0.25, 0.3) is 0 Å². The van der Waals surface area contributed by atoms with E-state index in [1.807, 2.05) is 20.2 Å². The lowest BCUT2D eigenvalue weighted by molar-refractivity contribution is 0.0893. The topological polar surface area (TPSA) is 84.8 Å². The number of aryl methyl sites for hydroxylation is 2. The molecule has 2 heterocycles. The van der Waals surface area contributed by atoms with Gasteiger partial charge in [-0.15, -0.1) is 0 Å². The lowest BCUT2D eigenvalue weighted by Gasteiger charge is -2.21. The van der Waals surface area contributed by atoms with Gasteiger partial charge < -0.3 is 10.1 Å². The minimum Gasteiger partial charge on any atom is -0.485 e. The highest BCUT2D eigenvalue weighted by atomic mass is 16.5. The van der Waals surface area contributed by atoms with Crippen LogP contribution in [-0.2, 0) is 7.05 Å². The number of amides is 1. The number of hydrogen-bond acceptors (Lipinski definition) is 4. The molecule has 0 radical (unpaired) electrons. The molecular weight excluding hydrogens is 270 g/mol. The first-order valence-electron chi connectivity index (χ1n) is 7.09. The van der Waals surface area contributed by atoms with Gasteiger partial charge in [-0.25, -0.2) is 0 Å². The number of hydrogen-bond donors (Lipinski definition) is 2. The van der Waals surface area contributed by atoms with Crippen LogP contribution in [0, 0.1) is 6.92 Å². The first-order valence-corrected chi connectivity index (χ1v) is 7.09. The Morgan fingerprint density at radius 2 is 2.33 bits per heavy atom. The predicted octanol–water partition coefficient (Wildman–Crippen LogP) is 1.18. The SMILES string of the molecule is Cc1[nH]ncc1C(=O)N[C@H]1CCC[C@H]1Oc1cnn(C)c1. The maximum Gasteiger partial charge on any atom is 0.255 e. The molecule has 0 unspecified atom stereocenters. The van der Waals surface area contributed by atoms with E-state index >= 15 is 0 Å². The summed E-state index contributed by atoms with van der Waals surface area (Å²) in [5.74, 6) is 0.635. The normalized spacial score (nSPS) is 21.4. The van der Waals surface area contributed by atoms with Gasteiger partial charge in [-0.1, -0.05) is 0 Å². The van der Waals surface area contributed by atoms with Gasteiger partial charge in [-0.3, -0.25) is 14.6 Å². The molecule has 2 aromatic rings. The van der Waals surface area contributed by atoms with Crippen LogP contribution in [0.4, 0.5) is 0 Å². The molecule has 7 heteroatoms. The van der Waals surface area contributed by atoms with Gasteiger partial charge in [0.1, 0.15) is 6.10 Å². The lowest BCUT2D eigenvalue weighted by atomic mass is 10.2. The Morgan fingerprint density at radius 3 is 3.00 bits per heavy atom. The number of carbonyl (C=O) groups is 1. The zero-order valence-electron chi connectivity index (χ0n) is 12.2. The average molecular weight is 289 g/mol. The van der Waals surface area contributed by atoms with E-state index in [1.165, 1.54) is 0 Å². The van der Waals surface area contributed by atoms with Crippen LogP contribution in [0.2, 0.25) is 0 Å². The number of aromatic nitrogens is 4. The van der Waals surface area contributed by atoms with Crippen LogP contribution in [0.15, 0.2) is 18.6 Å². The van der Waals surface area contributed by atoms with E-state index in [0.717, 1.165) is 30.7 Å². The zero-order chi connectivity index (χ0) is 14.8. The third-order valence-corrected chi connectivity index (χ3v) is 3.81. The van der Waals surface area contributed by atoms with Gasteiger partial charge in [0.25, 0.3) is 5.91 Å². The van der Waals surface area contributed by atoms with E-state index in [4.69, 9.17) is 4.74 Å². The van der Waals surface area contributed by atoms with E-state index in [9.17, 15) is 4.79 Å². The molecule has 0 spiro atoms. The molecule has 21 heavy (non-hydrogen) atoms. The van der Waals surface area contributed by atoms with Gasteiger partial charge in [0.2, 0.25) is 0 Å². The van der Waals surface area contributed by atoms with Crippen molar-refractivity contribution in [1.29, 1.82) is 0 Å². The van der Waals surface area contributed by atoms with E-state index in [0.29, 0.717) is 5.56 Å². The van der Waals surface area contributed by atoms with Gasteiger partial charge in [0.05, 0.1) is 30.2 Å². The third-order valence-electron chi connectivity index (χ3n) is 3.81. The van der Waals surface area contributed by atoms with Crippen LogP contribution in [0.1, 0.15) is 35.3 Å². The summed E-state index contributed by atoms with van der Waals surface area (Å²) in [5.41, 5.74) is 1.36. The Labute approximate surface area is 122 Å². The van der Waals surface area contributed by atoms with Crippen molar-refractivity contribution in [3.05, 3.63) is 29.8 Å². The molecular formula is C14H19N5O2. The second kappa shape index (κ2) is 5.59. The summed E-state index contributed by atoms with van der Waals surface area (Å²) < 4.78 is 7.64. The fourth-order valence-corrected chi connectivity index (χ4v) is 2.69. The quantitative estimate of drug-likeness (QED) is 0.885. The van der Waals surface area contributed by atoms with Crippen molar-refractivity contribution in [2.45, 2.75) is 38.3 Å². The van der Waals surface area contributed by atoms with E-state index in [-0.39, 0.29) is 18.1 Å². The summed E-state index contributed by atoms with van der Waals surface area (Å²) in [4.78, 5) is 12.2. The maximum absolute atomic E-state index is 12.2. The minimum absolute atomic E-state index is 0.00893. The summed E-state index contributed by atoms with van der Waals surface area (Å²) in [6, 6.07) is 0.0204. The highest BCUT2D eigenvalue weighted by molar-refractivity contribution is 5.95. The van der Waals surface area contributed by atoms with Crippen molar-refractivity contribution in [3.8, 4) is 5.75 Å². The number of H-pyrrole nitrogens is 1. The minimum atomic E-state index is -0.104. The second-order valence-corrected chi connectivity index (χ2v) is 5.43. The first kappa shape index (κ1) is 13.7. The van der Waals surface area contributed by atoms with Crippen LogP contribution < -0.4 is 10.1 Å². The number of aromatic amines is 1. The largest absolute Gasteiger partial charge is 0.485 e. The van der Waals surface area contributed by atoms with E-state index in [2.05, 4.69) is 20.6 Å². The molecule has 1 amide bonds. The van der Waals surface area contributed by atoms with Crippen LogP contribution in [-0.4, -0.2) is 38.0 Å². The smallest absolute Gasteiger partial charge is 0.255 e. The Hall–Kier alpha value is -2.31. The monoisotopic (exact) mass is 289 g/mol. The summed E-state index contributed by atoms with van der Waals surface area (Å²) >= 11 is 0. The van der Waals surface area contributed by atoms with Crippen molar-refractivity contribution < 1.29 is 9.53 Å². The van der Waals surface area contributed by atoms with Crippen molar-refractivity contribution in [1.82, 2.24) is 25.3 Å². The standard InChI is InChI=1S/C14H19N5O2/c1-9-11(7-15-18-9)14(20)17-12-4-3-5-13(12)21-10-6-16-19(2)8-10/h6-8,12-13H,3-5H2,1-2H3,(H,15,18)(H,17,20)/t12-,13+/m0/s1. The number of ether oxygens (including phenoxy) is 1. The van der Waals surface area contributed by atoms with Gasteiger partial charge in [0, 0.05) is 12.7 Å². The molecule has 1 saturated carbocycles. The molecule has 1 aliphatic carbocycles. The van der Waals surface area contributed by atoms with Gasteiger partial charge in [0.15, 0.2) is 5.75 Å². The molecule has 1 aliphatic rings. The van der Waals surface area contributed by atoms with Crippen LogP contribution in [0.3, 0.4) is 0 Å². The van der Waals surface area contributed by atoms with Crippen molar-refractivity contribution in [3.63, 3.8) is 0 Å². The van der Waals surface area contributed by atoms with Gasteiger partial charge in [-0.2, -0.15) is 10.2 Å². The summed E-state index contributed by atoms with van der Waals surface area (Å²) in [5, 5.41) is 13.8. The van der Waals surface area contributed by atoms with Crippen LogP contribution >= 0.6 is 0 Å². The number of nitrogens with one attached hydrogen (secondary N) is 2. The summed E-state index contributed by atoms with van der Waals surface area (Å²) in [6.07, 6.45) is 7.97. The molecule has 2 aromatic heterocycles. The molecule has 0 aliphatic heterocycles. The van der Waals surface area contributed by atoms with Crippen molar-refractivity contribution in [2.24, 2.45) is 7.05 Å². The summed E-state index contributed by atoms with van der Waals surface area (Å²) in [6.45, 7) is 1.83. The Morgan fingerprint density at radius 1 is 1.48 bits per heavy atom. The molecule has 3 rings (SSSR count). The molecule has 0 aromatic carbocycles. The molecule has 0 saturated heterocycles. The fraction of sp³-hybridized carbons (Fsp3) is 0.500. The summed E-state index contributed by atoms with van der Waals surface area (Å²) in [7, 11) is 1.85. The molecule has 0 bridgehead atoms. The fourth-order valence-electron chi connectivity index (χ4n) is 2.69. The number of nitrogens with zero attached hydrogens (tertiary/aromatic N) is 3. The number of carbonyl (C=O) groups excluding carboxylic acids is 1. The third kappa shape index (κ3) is 2.91. The van der Waals surface area contributed by atoms with Gasteiger partial charge >= 0.3 is 0 Å². The van der Waals surface area contributed by atoms with Crippen LogP contribution in [0.5, 0.6) is 5.75 Å². The molecule has 112 valence electrons. The molecule has 7 nitrogen and oxygen atoms in total. The molecule has 2 atom stereocenters. The first-order chi connectivity index (χ1) is 10.1. The molecule has 2 N–H and O–H groups in total. The maximum atomic E-state index is 12.2. The molecule has 1 fully saturated rings. The second-order valence-electron chi connectivity index (χ2n) is 5.43. The van der Waals surface area contributed by atoms with Crippen molar-refractivity contribution >= 4 is 5.91 Å². The Bertz CT molecular complexity index is 633. The van der Waals surface area contributed by atoms with E-state index < -0.39 is 0 Å². The average Bonchev–Trinajstić information content (AvgIpc) is 3.14. The van der Waals surface area contributed by atoms with E-state index in [1.54, 1.807) is 17.1 Å². The Balaban J connectivity index is 1.64. The Kier molecular flexibility index (Phi) is 3.64. The van der Waals surface area contributed by atoms with Gasteiger partial charge in [-0.05, 0) is 26.2 Å². The highest BCUT2D eigenvalue weighted by Crippen LogP contribution is 2.24. The number of rotatable bonds is 4. The zero-order valence-corrected chi connectivity index (χ0v) is 12.2. The predicted molar refractivity (Wildman–Crippen MR) is 76.1 cm³/mol. The lowest BCUT2D eigenvalue weighted by Crippen LogP contribution is -2.42.